The van der Waals surface area contributed by atoms with Crippen LogP contribution >= 0.6 is 23.1 Å². The fourth-order valence-corrected chi connectivity index (χ4v) is 4.83. The van der Waals surface area contributed by atoms with Crippen LogP contribution in [0.15, 0.2) is 60.1 Å². The van der Waals surface area contributed by atoms with E-state index in [1.165, 1.54) is 4.88 Å². The number of aromatic nitrogens is 1. The average molecular weight is 388 g/mol. The summed E-state index contributed by atoms with van der Waals surface area (Å²) >= 11 is 3.39. The van der Waals surface area contributed by atoms with Gasteiger partial charge in [-0.25, -0.2) is 4.98 Å². The Morgan fingerprint density at radius 2 is 2.04 bits per heavy atom. The first kappa shape index (κ1) is 20.3. The number of thiazole rings is 1. The number of aliphatic imine (C=N–C) groups is 1. The molecule has 1 fully saturated rings. The molecule has 4 nitrogen and oxygen atoms in total. The highest BCUT2D eigenvalue weighted by atomic mass is 32.2. The molecule has 0 radical (unpaired) electrons. The summed E-state index contributed by atoms with van der Waals surface area (Å²) in [5, 5.41) is 11.8. The Kier molecular flexibility index (Phi) is 7.48. The smallest absolute Gasteiger partial charge is 0.164 e. The van der Waals surface area contributed by atoms with Gasteiger partial charge in [-0.15, -0.1) is 11.3 Å². The number of aliphatic hydroxyl groups excluding tert-OH is 1. The maximum absolute atomic E-state index is 9.82. The van der Waals surface area contributed by atoms with Crippen LogP contribution in [-0.2, 0) is 0 Å². The van der Waals surface area contributed by atoms with Crippen molar-refractivity contribution in [2.24, 2.45) is 4.99 Å². The molecule has 0 amide bonds. The molecular formula is C20H25N3OS2. The zero-order valence-corrected chi connectivity index (χ0v) is 17.3. The van der Waals surface area contributed by atoms with Crippen molar-refractivity contribution in [2.75, 3.05) is 12.8 Å². The van der Waals surface area contributed by atoms with Gasteiger partial charge in [-0.1, -0.05) is 62.5 Å². The molecule has 138 valence electrons. The SMILES string of the molecule is C=C(/C(=C/O)c1ccccc1)N1C(=NC)SCC1c1cnc(C)s1.CC. The quantitative estimate of drug-likeness (QED) is 0.543. The number of nitrogens with zero attached hydrogens (tertiary/aromatic N) is 3. The maximum atomic E-state index is 9.82. The van der Waals surface area contributed by atoms with Crippen LogP contribution in [0.2, 0.25) is 0 Å². The third kappa shape index (κ3) is 4.19. The Hall–Kier alpha value is -2.05. The van der Waals surface area contributed by atoms with Gasteiger partial charge in [0.1, 0.15) is 0 Å². The molecule has 0 spiro atoms. The molecule has 2 aromatic rings. The van der Waals surface area contributed by atoms with Crippen molar-refractivity contribution in [3.8, 4) is 0 Å². The van der Waals surface area contributed by atoms with Crippen molar-refractivity contribution in [3.05, 3.63) is 70.5 Å². The summed E-state index contributed by atoms with van der Waals surface area (Å²) in [6.45, 7) is 10.3. The van der Waals surface area contributed by atoms with Crippen LogP contribution in [0.4, 0.5) is 0 Å². The number of benzene rings is 1. The van der Waals surface area contributed by atoms with Gasteiger partial charge >= 0.3 is 0 Å². The molecular weight excluding hydrogens is 362 g/mol. The van der Waals surface area contributed by atoms with Gasteiger partial charge in [0.2, 0.25) is 0 Å². The normalized spacial score (nSPS) is 18.6. The Bertz CT molecular complexity index is 796. The summed E-state index contributed by atoms with van der Waals surface area (Å²) in [4.78, 5) is 12.1. The summed E-state index contributed by atoms with van der Waals surface area (Å²) < 4.78 is 0. The minimum Gasteiger partial charge on any atom is -0.515 e. The predicted octanol–water partition coefficient (Wildman–Crippen LogP) is 5.67. The van der Waals surface area contributed by atoms with E-state index in [1.54, 1.807) is 30.1 Å². The van der Waals surface area contributed by atoms with Crippen LogP contribution in [-0.4, -0.2) is 33.0 Å². The Balaban J connectivity index is 0.00000117. The van der Waals surface area contributed by atoms with E-state index in [0.717, 1.165) is 33.5 Å². The van der Waals surface area contributed by atoms with Gasteiger partial charge < -0.3 is 10.0 Å². The molecule has 1 unspecified atom stereocenters. The highest BCUT2D eigenvalue weighted by Crippen LogP contribution is 2.42. The number of allylic oxidation sites excluding steroid dienone is 1. The van der Waals surface area contributed by atoms with Crippen molar-refractivity contribution in [1.29, 1.82) is 0 Å². The molecule has 1 aromatic carbocycles. The van der Waals surface area contributed by atoms with Crippen LogP contribution < -0.4 is 0 Å². The van der Waals surface area contributed by atoms with Gasteiger partial charge in [-0.2, -0.15) is 0 Å². The fraction of sp³-hybridized carbons (Fsp3) is 0.300. The van der Waals surface area contributed by atoms with Crippen LogP contribution in [0.1, 0.15) is 35.3 Å². The van der Waals surface area contributed by atoms with Gasteiger partial charge in [0.25, 0.3) is 0 Å². The number of thioether (sulfide) groups is 1. The zero-order chi connectivity index (χ0) is 19.1. The molecule has 3 rings (SSSR count). The number of hydrogen-bond donors (Lipinski definition) is 1. The number of rotatable bonds is 4. The summed E-state index contributed by atoms with van der Waals surface area (Å²) in [7, 11) is 1.79. The van der Waals surface area contributed by atoms with E-state index in [-0.39, 0.29) is 6.04 Å². The van der Waals surface area contributed by atoms with Gasteiger partial charge in [-0.3, -0.25) is 4.99 Å². The average Bonchev–Trinajstić information content (AvgIpc) is 3.30. The van der Waals surface area contributed by atoms with Crippen LogP contribution in [0.25, 0.3) is 5.57 Å². The van der Waals surface area contributed by atoms with E-state index in [4.69, 9.17) is 0 Å². The Labute approximate surface area is 164 Å². The van der Waals surface area contributed by atoms with E-state index < -0.39 is 0 Å². The molecule has 1 aliphatic rings. The summed E-state index contributed by atoms with van der Waals surface area (Å²) in [6.07, 6.45) is 3.05. The molecule has 0 bridgehead atoms. The molecule has 6 heteroatoms. The highest BCUT2D eigenvalue weighted by molar-refractivity contribution is 8.14. The van der Waals surface area contributed by atoms with E-state index in [1.807, 2.05) is 57.3 Å². The van der Waals surface area contributed by atoms with Gasteiger partial charge in [0.05, 0.1) is 17.3 Å². The van der Waals surface area contributed by atoms with E-state index in [9.17, 15) is 5.11 Å². The largest absolute Gasteiger partial charge is 0.515 e. The number of aliphatic hydroxyl groups is 1. The topological polar surface area (TPSA) is 48.7 Å². The molecule has 0 aliphatic carbocycles. The standard InChI is InChI=1S/C18H19N3OS2.C2H6/c1-12(15(10-22)14-7-5-4-6-8-14)21-16(11-23-18(21)19-3)17-9-20-13(2)24-17;1-2/h4-10,16,22H,1,11H2,2-3H3;1-2H3/b15-10-,19-18?;. The summed E-state index contributed by atoms with van der Waals surface area (Å²) in [6, 6.07) is 9.91. The van der Waals surface area contributed by atoms with Crippen LogP contribution in [0.3, 0.4) is 0 Å². The Morgan fingerprint density at radius 1 is 1.35 bits per heavy atom. The van der Waals surface area contributed by atoms with Gasteiger partial charge in [-0.05, 0) is 12.5 Å². The first-order valence-electron chi connectivity index (χ1n) is 8.56. The van der Waals surface area contributed by atoms with Crippen molar-refractivity contribution in [2.45, 2.75) is 26.8 Å². The predicted molar refractivity (Wildman–Crippen MR) is 115 cm³/mol. The first-order valence-corrected chi connectivity index (χ1v) is 10.4. The molecule has 0 saturated carbocycles. The van der Waals surface area contributed by atoms with Gasteiger partial charge in [0.15, 0.2) is 5.17 Å². The first-order chi connectivity index (χ1) is 12.7. The molecule has 1 saturated heterocycles. The van der Waals surface area contributed by atoms with Crippen LogP contribution in [0.5, 0.6) is 0 Å². The third-order valence-corrected chi connectivity index (χ3v) is 6.00. The fourth-order valence-electron chi connectivity index (χ4n) is 2.71. The van der Waals surface area contributed by atoms with Crippen molar-refractivity contribution in [1.82, 2.24) is 9.88 Å². The van der Waals surface area contributed by atoms with Crippen molar-refractivity contribution < 1.29 is 5.11 Å². The lowest BCUT2D eigenvalue weighted by Crippen LogP contribution is -2.27. The Morgan fingerprint density at radius 3 is 2.58 bits per heavy atom. The lowest BCUT2D eigenvalue weighted by atomic mass is 10.0. The number of amidine groups is 1. The number of aryl methyl sites for hydroxylation is 1. The maximum Gasteiger partial charge on any atom is 0.164 e. The summed E-state index contributed by atoms with van der Waals surface area (Å²) in [5.41, 5.74) is 2.37. The number of hydrogen-bond acceptors (Lipinski definition) is 5. The molecule has 1 atom stereocenters. The monoisotopic (exact) mass is 387 g/mol. The summed E-state index contributed by atoms with van der Waals surface area (Å²) in [5.74, 6) is 0.890. The molecule has 1 aliphatic heterocycles. The minimum absolute atomic E-state index is 0.131. The lowest BCUT2D eigenvalue weighted by Gasteiger charge is -2.28. The second-order valence-corrected chi connectivity index (χ2v) is 7.59. The van der Waals surface area contributed by atoms with Crippen molar-refractivity contribution >= 4 is 33.8 Å². The molecule has 1 aromatic heterocycles. The molecule has 1 N–H and O–H groups in total. The second kappa shape index (κ2) is 9.59. The van der Waals surface area contributed by atoms with Gasteiger partial charge in [0, 0.05) is 35.1 Å². The van der Waals surface area contributed by atoms with E-state index in [2.05, 4.69) is 21.5 Å². The minimum atomic E-state index is 0.131. The highest BCUT2D eigenvalue weighted by Gasteiger charge is 2.35. The van der Waals surface area contributed by atoms with E-state index >= 15 is 0 Å². The zero-order valence-electron chi connectivity index (χ0n) is 15.6. The van der Waals surface area contributed by atoms with Crippen LogP contribution in [0, 0.1) is 6.92 Å². The second-order valence-electron chi connectivity index (χ2n) is 5.34. The lowest BCUT2D eigenvalue weighted by molar-refractivity contribution is 0.447. The van der Waals surface area contributed by atoms with Crippen molar-refractivity contribution in [3.63, 3.8) is 0 Å². The molecule has 2 heterocycles. The molecule has 26 heavy (non-hydrogen) atoms. The third-order valence-electron chi connectivity index (χ3n) is 3.86. The van der Waals surface area contributed by atoms with E-state index in [0.29, 0.717) is 5.57 Å².